The first-order valence-corrected chi connectivity index (χ1v) is 6.91. The first kappa shape index (κ1) is 12.1. The topological polar surface area (TPSA) is 69.6 Å². The van der Waals surface area contributed by atoms with Gasteiger partial charge in [-0.2, -0.15) is 0 Å². The van der Waals surface area contributed by atoms with E-state index in [0.717, 1.165) is 21.7 Å². The predicted molar refractivity (Wildman–Crippen MR) is 77.3 cm³/mol. The Morgan fingerprint density at radius 1 is 1.32 bits per heavy atom. The van der Waals surface area contributed by atoms with Crippen molar-refractivity contribution in [3.8, 4) is 0 Å². The molecule has 19 heavy (non-hydrogen) atoms. The lowest BCUT2D eigenvalue weighted by Crippen LogP contribution is -2.10. The van der Waals surface area contributed by atoms with Crippen LogP contribution in [-0.4, -0.2) is 19.5 Å². The first-order chi connectivity index (χ1) is 9.08. The van der Waals surface area contributed by atoms with Gasteiger partial charge in [-0.05, 0) is 32.4 Å². The summed E-state index contributed by atoms with van der Waals surface area (Å²) in [7, 11) is 0. The summed E-state index contributed by atoms with van der Waals surface area (Å²) in [5, 5.41) is 1.02. The molecule has 0 spiro atoms. The van der Waals surface area contributed by atoms with E-state index in [1.54, 1.807) is 17.5 Å². The summed E-state index contributed by atoms with van der Waals surface area (Å²) in [6, 6.07) is 1.98. The number of anilines is 1. The average molecular weight is 273 g/mol. The normalized spacial score (nSPS) is 13.0. The van der Waals surface area contributed by atoms with E-state index in [9.17, 15) is 0 Å². The van der Waals surface area contributed by atoms with Crippen LogP contribution in [0.2, 0.25) is 0 Å². The van der Waals surface area contributed by atoms with Crippen LogP contribution < -0.4 is 5.73 Å². The quantitative estimate of drug-likeness (QED) is 0.779. The number of aryl methyl sites for hydroxylation is 2. The second kappa shape index (κ2) is 4.31. The van der Waals surface area contributed by atoms with E-state index in [2.05, 4.69) is 21.9 Å². The minimum absolute atomic E-state index is 0.0398. The maximum absolute atomic E-state index is 6.06. The Bertz CT molecular complexity index is 743. The van der Waals surface area contributed by atoms with Gasteiger partial charge >= 0.3 is 0 Å². The van der Waals surface area contributed by atoms with Crippen LogP contribution in [0.1, 0.15) is 28.4 Å². The van der Waals surface area contributed by atoms with Crippen molar-refractivity contribution in [2.24, 2.45) is 0 Å². The summed E-state index contributed by atoms with van der Waals surface area (Å²) in [6.45, 7) is 6.13. The number of pyridine rings is 1. The second-order valence-corrected chi connectivity index (χ2v) is 5.89. The molecule has 98 valence electrons. The number of aromatic nitrogens is 4. The Kier molecular flexibility index (Phi) is 2.74. The van der Waals surface area contributed by atoms with Gasteiger partial charge in [0.1, 0.15) is 10.5 Å². The SMILES string of the molecule is Cc1cnc(C(C)n2c(N)nc3c(C)ccnc32)s1. The number of nitrogens with zero attached hydrogens (tertiary/aromatic N) is 4. The van der Waals surface area contributed by atoms with Crippen LogP contribution in [0.5, 0.6) is 0 Å². The summed E-state index contributed by atoms with van der Waals surface area (Å²) in [6.07, 6.45) is 3.67. The third-order valence-electron chi connectivity index (χ3n) is 3.19. The lowest BCUT2D eigenvalue weighted by molar-refractivity contribution is 0.657. The van der Waals surface area contributed by atoms with Crippen molar-refractivity contribution in [2.45, 2.75) is 26.8 Å². The Hall–Kier alpha value is -1.95. The average Bonchev–Trinajstić information content (AvgIpc) is 2.93. The molecule has 3 rings (SSSR count). The molecule has 3 aromatic rings. The van der Waals surface area contributed by atoms with Gasteiger partial charge < -0.3 is 5.73 Å². The van der Waals surface area contributed by atoms with Gasteiger partial charge in [-0.15, -0.1) is 11.3 Å². The van der Waals surface area contributed by atoms with Gasteiger partial charge in [0.15, 0.2) is 5.65 Å². The first-order valence-electron chi connectivity index (χ1n) is 6.09. The van der Waals surface area contributed by atoms with Crippen molar-refractivity contribution in [1.29, 1.82) is 0 Å². The van der Waals surface area contributed by atoms with E-state index in [4.69, 9.17) is 5.73 Å². The number of rotatable bonds is 2. The standard InChI is InChI=1S/C13H15N5S/c1-7-4-5-15-11-10(7)17-13(14)18(11)9(3)12-16-6-8(2)19-12/h4-6,9H,1-3H3,(H2,14,17). The molecule has 6 heteroatoms. The molecular formula is C13H15N5S. The molecule has 2 N–H and O–H groups in total. The van der Waals surface area contributed by atoms with Crippen LogP contribution in [0.4, 0.5) is 5.95 Å². The zero-order valence-corrected chi connectivity index (χ0v) is 11.9. The van der Waals surface area contributed by atoms with Crippen molar-refractivity contribution in [1.82, 2.24) is 19.5 Å². The van der Waals surface area contributed by atoms with Crippen LogP contribution >= 0.6 is 11.3 Å². The van der Waals surface area contributed by atoms with Gasteiger partial charge in [-0.25, -0.2) is 15.0 Å². The van der Waals surface area contributed by atoms with Crippen LogP contribution in [-0.2, 0) is 0 Å². The van der Waals surface area contributed by atoms with Gasteiger partial charge in [-0.3, -0.25) is 4.57 Å². The predicted octanol–water partition coefficient (Wildman–Crippen LogP) is 2.70. The third kappa shape index (κ3) is 1.88. The van der Waals surface area contributed by atoms with Crippen LogP contribution in [0.3, 0.4) is 0 Å². The number of hydrogen-bond acceptors (Lipinski definition) is 5. The molecule has 0 aromatic carbocycles. The molecule has 0 fully saturated rings. The molecule has 0 aliphatic rings. The van der Waals surface area contributed by atoms with E-state index in [1.165, 1.54) is 4.88 Å². The molecule has 0 aliphatic carbocycles. The van der Waals surface area contributed by atoms with E-state index < -0.39 is 0 Å². The highest BCUT2D eigenvalue weighted by molar-refractivity contribution is 7.11. The summed E-state index contributed by atoms with van der Waals surface area (Å²) in [5.41, 5.74) is 8.82. The monoisotopic (exact) mass is 273 g/mol. The van der Waals surface area contributed by atoms with Gasteiger partial charge in [-0.1, -0.05) is 0 Å². The van der Waals surface area contributed by atoms with E-state index in [-0.39, 0.29) is 6.04 Å². The summed E-state index contributed by atoms with van der Waals surface area (Å²) >= 11 is 1.67. The Balaban J connectivity index is 2.19. The lowest BCUT2D eigenvalue weighted by atomic mass is 10.2. The maximum atomic E-state index is 6.06. The maximum Gasteiger partial charge on any atom is 0.203 e. The number of nitrogen functional groups attached to an aromatic ring is 1. The second-order valence-electron chi connectivity index (χ2n) is 4.63. The molecule has 0 saturated carbocycles. The van der Waals surface area contributed by atoms with Gasteiger partial charge in [0.2, 0.25) is 5.95 Å². The van der Waals surface area contributed by atoms with Crippen LogP contribution in [0.25, 0.3) is 11.2 Å². The van der Waals surface area contributed by atoms with Crippen LogP contribution in [0.15, 0.2) is 18.5 Å². The molecular weight excluding hydrogens is 258 g/mol. The fourth-order valence-corrected chi connectivity index (χ4v) is 3.00. The molecule has 0 amide bonds. The van der Waals surface area contributed by atoms with Crippen molar-refractivity contribution in [3.05, 3.63) is 33.9 Å². The van der Waals surface area contributed by atoms with E-state index in [0.29, 0.717) is 5.95 Å². The number of fused-ring (bicyclic) bond motifs is 1. The largest absolute Gasteiger partial charge is 0.369 e. The van der Waals surface area contributed by atoms with E-state index in [1.807, 2.05) is 30.7 Å². The molecule has 1 atom stereocenters. The number of nitrogens with two attached hydrogens (primary N) is 1. The van der Waals surface area contributed by atoms with Crippen molar-refractivity contribution >= 4 is 28.4 Å². The Morgan fingerprint density at radius 2 is 2.11 bits per heavy atom. The zero-order chi connectivity index (χ0) is 13.6. The summed E-state index contributed by atoms with van der Waals surface area (Å²) < 4.78 is 1.95. The fraction of sp³-hybridized carbons (Fsp3) is 0.308. The van der Waals surface area contributed by atoms with Crippen molar-refractivity contribution < 1.29 is 0 Å². The molecule has 1 unspecified atom stereocenters. The molecule has 5 nitrogen and oxygen atoms in total. The minimum Gasteiger partial charge on any atom is -0.369 e. The number of hydrogen-bond donors (Lipinski definition) is 1. The van der Waals surface area contributed by atoms with Crippen LogP contribution in [0, 0.1) is 13.8 Å². The minimum atomic E-state index is 0.0398. The molecule has 0 saturated heterocycles. The molecule has 0 bridgehead atoms. The zero-order valence-electron chi connectivity index (χ0n) is 11.1. The smallest absolute Gasteiger partial charge is 0.203 e. The lowest BCUT2D eigenvalue weighted by Gasteiger charge is -2.12. The third-order valence-corrected chi connectivity index (χ3v) is 4.27. The highest BCUT2D eigenvalue weighted by Gasteiger charge is 2.19. The van der Waals surface area contributed by atoms with Gasteiger partial charge in [0.05, 0.1) is 6.04 Å². The summed E-state index contributed by atoms with van der Waals surface area (Å²) in [4.78, 5) is 14.5. The Morgan fingerprint density at radius 3 is 2.79 bits per heavy atom. The van der Waals surface area contributed by atoms with Gasteiger partial charge in [0, 0.05) is 17.3 Å². The number of thiazole rings is 1. The number of imidazole rings is 1. The Labute approximate surface area is 115 Å². The summed E-state index contributed by atoms with van der Waals surface area (Å²) in [5.74, 6) is 0.483. The van der Waals surface area contributed by atoms with E-state index >= 15 is 0 Å². The fourth-order valence-electron chi connectivity index (χ4n) is 2.19. The van der Waals surface area contributed by atoms with Crippen molar-refractivity contribution in [3.63, 3.8) is 0 Å². The van der Waals surface area contributed by atoms with Gasteiger partial charge in [0.25, 0.3) is 0 Å². The van der Waals surface area contributed by atoms with Crippen molar-refractivity contribution in [2.75, 3.05) is 5.73 Å². The highest BCUT2D eigenvalue weighted by Crippen LogP contribution is 2.29. The molecule has 3 heterocycles. The molecule has 0 radical (unpaired) electrons. The molecule has 3 aromatic heterocycles. The molecule has 0 aliphatic heterocycles. The highest BCUT2D eigenvalue weighted by atomic mass is 32.1.